The summed E-state index contributed by atoms with van der Waals surface area (Å²) in [7, 11) is 1.77. The Morgan fingerprint density at radius 1 is 1.26 bits per heavy atom. The first-order valence-electron chi connectivity index (χ1n) is 9.36. The van der Waals surface area contributed by atoms with E-state index < -0.39 is 0 Å². The molecule has 0 saturated carbocycles. The van der Waals surface area contributed by atoms with Gasteiger partial charge in [0, 0.05) is 43.8 Å². The number of guanidine groups is 1. The second-order valence-electron chi connectivity index (χ2n) is 6.71. The van der Waals surface area contributed by atoms with Crippen LogP contribution in [0.25, 0.3) is 10.9 Å². The Balaban J connectivity index is 0.00000364. The fourth-order valence-corrected chi connectivity index (χ4v) is 3.06. The molecule has 1 heterocycles. The third-order valence-corrected chi connectivity index (χ3v) is 4.49. The van der Waals surface area contributed by atoms with Crippen LogP contribution in [0.5, 0.6) is 0 Å². The van der Waals surface area contributed by atoms with Crippen molar-refractivity contribution in [1.29, 1.82) is 0 Å². The number of ether oxygens (including phenoxy) is 1. The molecule has 0 bridgehead atoms. The lowest BCUT2D eigenvalue weighted by molar-refractivity contribution is 0.0258. The lowest BCUT2D eigenvalue weighted by Crippen LogP contribution is -2.40. The minimum Gasteiger partial charge on any atom is -0.378 e. The fraction of sp³-hybridized carbons (Fsp3) is 0.550. The number of rotatable bonds is 9. The van der Waals surface area contributed by atoms with E-state index in [0.717, 1.165) is 49.4 Å². The minimum absolute atomic E-state index is 0. The Morgan fingerprint density at radius 2 is 2.00 bits per heavy atom. The van der Waals surface area contributed by atoms with E-state index in [0.29, 0.717) is 5.92 Å². The minimum atomic E-state index is -0.222. The molecule has 1 aromatic carbocycles. The summed E-state index contributed by atoms with van der Waals surface area (Å²) in [5.41, 5.74) is 2.00. The lowest BCUT2D eigenvalue weighted by Gasteiger charge is -2.21. The van der Waals surface area contributed by atoms with E-state index in [1.165, 1.54) is 17.7 Å². The molecule has 0 aliphatic carbocycles. The smallest absolute Gasteiger partial charge is 0.190 e. The zero-order chi connectivity index (χ0) is 18.9. The van der Waals surface area contributed by atoms with Crippen LogP contribution in [-0.4, -0.2) is 43.8 Å². The normalized spacial score (nSPS) is 12.9. The van der Waals surface area contributed by atoms with Gasteiger partial charge in [0.15, 0.2) is 5.96 Å². The van der Waals surface area contributed by atoms with E-state index >= 15 is 0 Å². The van der Waals surface area contributed by atoms with E-state index in [1.807, 2.05) is 19.2 Å². The summed E-state index contributed by atoms with van der Waals surface area (Å²) in [5.74, 6) is 1.06. The molecule has 0 amide bonds. The van der Waals surface area contributed by atoms with E-state index in [1.54, 1.807) is 7.05 Å². The van der Waals surface area contributed by atoms with Gasteiger partial charge in [-0.05, 0) is 49.4 Å². The van der Waals surface area contributed by atoms with Crippen molar-refractivity contribution in [1.82, 2.24) is 15.6 Å². The first-order chi connectivity index (χ1) is 12.5. The van der Waals surface area contributed by atoms with Crippen LogP contribution in [0.3, 0.4) is 0 Å². The SMILES string of the molecule is CCOC(CCNC(=NC)NCCc1c[nH]c2cc(F)ccc12)C(C)C.I. The topological polar surface area (TPSA) is 61.4 Å². The van der Waals surface area contributed by atoms with E-state index in [-0.39, 0.29) is 35.9 Å². The van der Waals surface area contributed by atoms with Gasteiger partial charge in [0.05, 0.1) is 6.10 Å². The predicted molar refractivity (Wildman–Crippen MR) is 122 cm³/mol. The van der Waals surface area contributed by atoms with Crippen LogP contribution in [0.15, 0.2) is 29.4 Å². The van der Waals surface area contributed by atoms with E-state index in [4.69, 9.17) is 4.74 Å². The van der Waals surface area contributed by atoms with Gasteiger partial charge >= 0.3 is 0 Å². The maximum Gasteiger partial charge on any atom is 0.190 e. The summed E-state index contributed by atoms with van der Waals surface area (Å²) in [4.78, 5) is 7.39. The molecule has 0 fully saturated rings. The molecule has 0 saturated heterocycles. The van der Waals surface area contributed by atoms with Gasteiger partial charge in [-0.3, -0.25) is 4.99 Å². The molecule has 1 atom stereocenters. The van der Waals surface area contributed by atoms with Crippen LogP contribution < -0.4 is 10.6 Å². The number of hydrogen-bond donors (Lipinski definition) is 3. The Labute approximate surface area is 178 Å². The largest absolute Gasteiger partial charge is 0.378 e. The van der Waals surface area contributed by atoms with Crippen molar-refractivity contribution in [3.63, 3.8) is 0 Å². The van der Waals surface area contributed by atoms with Crippen molar-refractivity contribution in [2.75, 3.05) is 26.7 Å². The van der Waals surface area contributed by atoms with E-state index in [2.05, 4.69) is 34.5 Å². The third-order valence-electron chi connectivity index (χ3n) is 4.49. The summed E-state index contributed by atoms with van der Waals surface area (Å²) < 4.78 is 19.0. The first kappa shape index (κ1) is 23.7. The summed E-state index contributed by atoms with van der Waals surface area (Å²) in [6.45, 7) is 8.70. The molecule has 27 heavy (non-hydrogen) atoms. The second-order valence-corrected chi connectivity index (χ2v) is 6.71. The molecule has 0 radical (unpaired) electrons. The third kappa shape index (κ3) is 7.29. The number of nitrogens with zero attached hydrogens (tertiary/aromatic N) is 1. The molecular formula is C20H32FIN4O. The maximum atomic E-state index is 13.3. The Hall–Kier alpha value is -1.35. The molecule has 152 valence electrons. The van der Waals surface area contributed by atoms with Gasteiger partial charge in [-0.25, -0.2) is 4.39 Å². The number of nitrogens with one attached hydrogen (secondary N) is 3. The number of hydrogen-bond acceptors (Lipinski definition) is 2. The zero-order valence-corrected chi connectivity index (χ0v) is 19.0. The number of aromatic amines is 1. The van der Waals surface area contributed by atoms with Crippen LogP contribution in [0.4, 0.5) is 4.39 Å². The Kier molecular flexibility index (Phi) is 10.7. The number of fused-ring (bicyclic) bond motifs is 1. The van der Waals surface area contributed by atoms with Crippen molar-refractivity contribution in [2.24, 2.45) is 10.9 Å². The van der Waals surface area contributed by atoms with Crippen molar-refractivity contribution in [3.05, 3.63) is 35.8 Å². The number of benzene rings is 1. The van der Waals surface area contributed by atoms with Crippen molar-refractivity contribution < 1.29 is 9.13 Å². The van der Waals surface area contributed by atoms with Gasteiger partial charge in [0.25, 0.3) is 0 Å². The average molecular weight is 490 g/mol. The quantitative estimate of drug-likeness (QED) is 0.282. The first-order valence-corrected chi connectivity index (χ1v) is 9.36. The maximum absolute atomic E-state index is 13.3. The molecule has 0 spiro atoms. The van der Waals surface area contributed by atoms with Crippen molar-refractivity contribution in [2.45, 2.75) is 39.7 Å². The Morgan fingerprint density at radius 3 is 2.67 bits per heavy atom. The Bertz CT molecular complexity index is 717. The summed E-state index contributed by atoms with van der Waals surface area (Å²) in [6.07, 6.45) is 3.98. The van der Waals surface area contributed by atoms with Crippen molar-refractivity contribution in [3.8, 4) is 0 Å². The summed E-state index contributed by atoms with van der Waals surface area (Å²) >= 11 is 0. The van der Waals surface area contributed by atoms with Crippen LogP contribution in [0.2, 0.25) is 0 Å². The standard InChI is InChI=1S/C20H31FN4O.HI/c1-5-26-19(14(2)3)9-11-24-20(22-4)23-10-8-15-13-25-18-12-16(21)6-7-17(15)18;/h6-7,12-14,19,25H,5,8-11H2,1-4H3,(H2,22,23,24);1H. The average Bonchev–Trinajstić information content (AvgIpc) is 3.01. The summed E-state index contributed by atoms with van der Waals surface area (Å²) in [5, 5.41) is 7.73. The molecule has 1 unspecified atom stereocenters. The highest BCUT2D eigenvalue weighted by molar-refractivity contribution is 14.0. The second kappa shape index (κ2) is 12.2. The van der Waals surface area contributed by atoms with Gasteiger partial charge < -0.3 is 20.4 Å². The highest BCUT2D eigenvalue weighted by atomic mass is 127. The summed E-state index contributed by atoms with van der Waals surface area (Å²) in [6, 6.07) is 4.84. The lowest BCUT2D eigenvalue weighted by atomic mass is 10.0. The fourth-order valence-electron chi connectivity index (χ4n) is 3.06. The van der Waals surface area contributed by atoms with E-state index in [9.17, 15) is 4.39 Å². The van der Waals surface area contributed by atoms with Crippen LogP contribution in [0, 0.1) is 11.7 Å². The number of H-pyrrole nitrogens is 1. The monoisotopic (exact) mass is 490 g/mol. The van der Waals surface area contributed by atoms with Gasteiger partial charge in [0.1, 0.15) is 5.82 Å². The molecular weight excluding hydrogens is 458 g/mol. The molecule has 0 aliphatic heterocycles. The highest BCUT2D eigenvalue weighted by Gasteiger charge is 2.13. The van der Waals surface area contributed by atoms with Gasteiger partial charge in [-0.15, -0.1) is 24.0 Å². The molecule has 2 aromatic rings. The molecule has 0 aliphatic rings. The van der Waals surface area contributed by atoms with Crippen LogP contribution >= 0.6 is 24.0 Å². The number of aliphatic imine (C=N–C) groups is 1. The molecule has 2 rings (SSSR count). The van der Waals surface area contributed by atoms with Crippen molar-refractivity contribution >= 4 is 40.8 Å². The molecule has 7 heteroatoms. The zero-order valence-electron chi connectivity index (χ0n) is 16.6. The van der Waals surface area contributed by atoms with Gasteiger partial charge in [-0.1, -0.05) is 13.8 Å². The number of halogens is 2. The molecule has 1 aromatic heterocycles. The number of aromatic nitrogens is 1. The van der Waals surface area contributed by atoms with Crippen LogP contribution in [-0.2, 0) is 11.2 Å². The van der Waals surface area contributed by atoms with Gasteiger partial charge in [0.2, 0.25) is 0 Å². The predicted octanol–water partition coefficient (Wildman–Crippen LogP) is 4.08. The van der Waals surface area contributed by atoms with Crippen LogP contribution in [0.1, 0.15) is 32.8 Å². The van der Waals surface area contributed by atoms with Gasteiger partial charge in [-0.2, -0.15) is 0 Å². The highest BCUT2D eigenvalue weighted by Crippen LogP contribution is 2.19. The molecule has 5 nitrogen and oxygen atoms in total. The molecule has 3 N–H and O–H groups in total.